The van der Waals surface area contributed by atoms with Crippen LogP contribution in [0.25, 0.3) is 0 Å². The molecule has 0 aromatic rings. The van der Waals surface area contributed by atoms with Crippen molar-refractivity contribution in [3.8, 4) is 0 Å². The standard InChI is InChI=1S/C4H6O2.H2O4S/c1-3(2)4(5)6;1-5(2,3)4/h1H2,2H3,(H,5,6);(H2,1,2,3,4)/p-3. The van der Waals surface area contributed by atoms with E-state index in [1.165, 1.54) is 6.92 Å². The Morgan fingerprint density at radius 1 is 1.36 bits per heavy atom. The van der Waals surface area contributed by atoms with E-state index in [-0.39, 0.29) is 5.57 Å². The molecule has 0 radical (unpaired) electrons. The van der Waals surface area contributed by atoms with Crippen molar-refractivity contribution in [3.05, 3.63) is 12.2 Å². The highest BCUT2D eigenvalue weighted by Crippen LogP contribution is 1.77. The third-order valence-electron chi connectivity index (χ3n) is 0.348. The molecule has 0 saturated carbocycles. The van der Waals surface area contributed by atoms with Crippen LogP contribution in [0.3, 0.4) is 0 Å². The second kappa shape index (κ2) is 4.83. The highest BCUT2D eigenvalue weighted by molar-refractivity contribution is 7.79. The van der Waals surface area contributed by atoms with Crippen molar-refractivity contribution >= 4 is 16.4 Å². The zero-order valence-corrected chi connectivity index (χ0v) is 6.38. The molecule has 0 N–H and O–H groups in total. The Labute approximate surface area is 63.7 Å². The van der Waals surface area contributed by atoms with Gasteiger partial charge in [0, 0.05) is 10.4 Å². The SMILES string of the molecule is C=C(C)C(=O)[O-].O=S(=O)([O-])[O-]. The van der Waals surface area contributed by atoms with Crippen LogP contribution in [0.15, 0.2) is 12.2 Å². The Balaban J connectivity index is 0. The Morgan fingerprint density at radius 2 is 1.45 bits per heavy atom. The van der Waals surface area contributed by atoms with Gasteiger partial charge < -0.3 is 19.0 Å². The summed E-state index contributed by atoms with van der Waals surface area (Å²) in [5.74, 6) is -1.19. The Morgan fingerprint density at radius 3 is 1.45 bits per heavy atom. The molecule has 0 fully saturated rings. The van der Waals surface area contributed by atoms with Crippen molar-refractivity contribution in [2.45, 2.75) is 6.92 Å². The van der Waals surface area contributed by atoms with E-state index in [0.29, 0.717) is 0 Å². The van der Waals surface area contributed by atoms with Crippen LogP contribution in [0, 0.1) is 0 Å². The molecular formula is C4H5O6S-3. The highest BCUT2D eigenvalue weighted by atomic mass is 32.3. The fourth-order valence-corrected chi connectivity index (χ4v) is 0. The maximum Gasteiger partial charge on any atom is 0.0666 e. The van der Waals surface area contributed by atoms with Gasteiger partial charge in [0.25, 0.3) is 0 Å². The van der Waals surface area contributed by atoms with E-state index in [4.69, 9.17) is 17.5 Å². The lowest BCUT2D eigenvalue weighted by Gasteiger charge is -2.06. The van der Waals surface area contributed by atoms with Gasteiger partial charge >= 0.3 is 0 Å². The molecule has 6 nitrogen and oxygen atoms in total. The lowest BCUT2D eigenvalue weighted by atomic mass is 10.4. The molecule has 0 saturated heterocycles. The summed E-state index contributed by atoms with van der Waals surface area (Å²) in [5.41, 5.74) is 0.0648. The minimum Gasteiger partial charge on any atom is -0.759 e. The van der Waals surface area contributed by atoms with Crippen molar-refractivity contribution in [2.75, 3.05) is 0 Å². The van der Waals surface area contributed by atoms with Crippen LogP contribution in [-0.4, -0.2) is 23.5 Å². The summed E-state index contributed by atoms with van der Waals surface area (Å²) < 4.78 is 34.1. The van der Waals surface area contributed by atoms with E-state index in [9.17, 15) is 9.90 Å². The van der Waals surface area contributed by atoms with Crippen molar-refractivity contribution in [2.24, 2.45) is 0 Å². The summed E-state index contributed by atoms with van der Waals surface area (Å²) >= 11 is 0. The van der Waals surface area contributed by atoms with Crippen LogP contribution in [0.4, 0.5) is 0 Å². The maximum absolute atomic E-state index is 9.49. The molecule has 0 aliphatic heterocycles. The number of carbonyl (C=O) groups is 1. The fourth-order valence-electron chi connectivity index (χ4n) is 0. The van der Waals surface area contributed by atoms with E-state index < -0.39 is 16.4 Å². The lowest BCUT2D eigenvalue weighted by molar-refractivity contribution is -0.299. The largest absolute Gasteiger partial charge is 0.759 e. The van der Waals surface area contributed by atoms with Gasteiger partial charge in [0.05, 0.1) is 5.97 Å². The third kappa shape index (κ3) is 48.0. The third-order valence-corrected chi connectivity index (χ3v) is 0.348. The quantitative estimate of drug-likeness (QED) is 0.261. The molecule has 0 aliphatic carbocycles. The molecule has 0 unspecified atom stereocenters. The lowest BCUT2D eigenvalue weighted by Crippen LogP contribution is -2.22. The van der Waals surface area contributed by atoms with Gasteiger partial charge in [-0.25, -0.2) is 0 Å². The van der Waals surface area contributed by atoms with Gasteiger partial charge in [-0.05, 0) is 12.5 Å². The van der Waals surface area contributed by atoms with Crippen molar-refractivity contribution < 1.29 is 27.4 Å². The number of carbonyl (C=O) groups excluding carboxylic acids is 1. The Hall–Kier alpha value is -0.920. The van der Waals surface area contributed by atoms with E-state index in [1.54, 1.807) is 0 Å². The van der Waals surface area contributed by atoms with Crippen LogP contribution in [0.2, 0.25) is 0 Å². The van der Waals surface area contributed by atoms with Crippen LogP contribution in [0.1, 0.15) is 6.92 Å². The molecule has 0 atom stereocenters. The molecule has 11 heavy (non-hydrogen) atoms. The fraction of sp³-hybridized carbons (Fsp3) is 0.250. The molecule has 0 heterocycles. The number of carboxylic acid groups (broad SMARTS) is 1. The Bertz CT molecular complexity index is 217. The van der Waals surface area contributed by atoms with Crippen molar-refractivity contribution in [1.82, 2.24) is 0 Å². The van der Waals surface area contributed by atoms with Gasteiger partial charge in [-0.3, -0.25) is 8.42 Å². The van der Waals surface area contributed by atoms with E-state index in [0.717, 1.165) is 0 Å². The van der Waals surface area contributed by atoms with Gasteiger partial charge in [0.15, 0.2) is 0 Å². The molecule has 0 spiro atoms. The second-order valence-electron chi connectivity index (χ2n) is 1.48. The molecule has 0 amide bonds. The molecule has 7 heteroatoms. The topological polar surface area (TPSA) is 120 Å². The maximum atomic E-state index is 9.49. The summed E-state index contributed by atoms with van der Waals surface area (Å²) in [6.45, 7) is 4.48. The molecule has 0 bridgehead atoms. The first-order chi connectivity index (χ1) is 4.64. The normalized spacial score (nSPS) is 9.36. The summed E-state index contributed by atoms with van der Waals surface area (Å²) in [6.07, 6.45) is 0. The van der Waals surface area contributed by atoms with Gasteiger partial charge in [-0.15, -0.1) is 0 Å². The average Bonchev–Trinajstić information content (AvgIpc) is 1.59. The number of hydrogen-bond acceptors (Lipinski definition) is 6. The first-order valence-corrected chi connectivity index (χ1v) is 3.51. The van der Waals surface area contributed by atoms with Crippen LogP contribution < -0.4 is 5.11 Å². The van der Waals surface area contributed by atoms with Crippen molar-refractivity contribution in [3.63, 3.8) is 0 Å². The highest BCUT2D eigenvalue weighted by Gasteiger charge is 1.76. The number of hydrogen-bond donors (Lipinski definition) is 0. The zero-order chi connectivity index (χ0) is 9.65. The monoisotopic (exact) mass is 181 g/mol. The van der Waals surface area contributed by atoms with Gasteiger partial charge in [-0.2, -0.15) is 0 Å². The minimum absolute atomic E-state index is 0.0648. The van der Waals surface area contributed by atoms with E-state index >= 15 is 0 Å². The van der Waals surface area contributed by atoms with Gasteiger partial charge in [0.1, 0.15) is 0 Å². The Kier molecular flexibility index (Phi) is 5.59. The summed E-state index contributed by atoms with van der Waals surface area (Å²) in [5, 5.41) is 9.49. The van der Waals surface area contributed by atoms with Gasteiger partial charge in [0.2, 0.25) is 0 Å². The van der Waals surface area contributed by atoms with E-state index in [1.807, 2.05) is 0 Å². The van der Waals surface area contributed by atoms with Crippen LogP contribution in [0.5, 0.6) is 0 Å². The predicted octanol–water partition coefficient (Wildman–Crippen LogP) is -2.03. The average molecular weight is 181 g/mol. The number of carboxylic acids is 1. The minimum atomic E-state index is -5.17. The second-order valence-corrected chi connectivity index (χ2v) is 2.29. The van der Waals surface area contributed by atoms with Gasteiger partial charge in [-0.1, -0.05) is 6.58 Å². The molecule has 0 aromatic carbocycles. The first kappa shape index (κ1) is 12.7. The van der Waals surface area contributed by atoms with E-state index in [2.05, 4.69) is 6.58 Å². The molecule has 0 rings (SSSR count). The first-order valence-electron chi connectivity index (χ1n) is 2.18. The molecule has 66 valence electrons. The van der Waals surface area contributed by atoms with Crippen LogP contribution in [-0.2, 0) is 15.2 Å². The zero-order valence-electron chi connectivity index (χ0n) is 5.56. The summed E-state index contributed by atoms with van der Waals surface area (Å²) in [4.78, 5) is 9.49. The molecular weight excluding hydrogens is 176 g/mol. The van der Waals surface area contributed by atoms with Crippen LogP contribution >= 0.6 is 0 Å². The molecule has 0 aromatic heterocycles. The molecule has 0 aliphatic rings. The summed E-state index contributed by atoms with van der Waals surface area (Å²) in [6, 6.07) is 0. The number of rotatable bonds is 1. The predicted molar refractivity (Wildman–Crippen MR) is 30.3 cm³/mol. The van der Waals surface area contributed by atoms with Crippen molar-refractivity contribution in [1.29, 1.82) is 0 Å². The smallest absolute Gasteiger partial charge is 0.0666 e. The number of aliphatic carboxylic acids is 1. The summed E-state index contributed by atoms with van der Waals surface area (Å²) in [7, 11) is -5.17.